The molecule has 1 atom stereocenters. The van der Waals surface area contributed by atoms with E-state index in [4.69, 9.17) is 4.74 Å². The lowest BCUT2D eigenvalue weighted by molar-refractivity contribution is -0.142. The molecule has 1 unspecified atom stereocenters. The maximum atomic E-state index is 13.0. The molecule has 1 fully saturated rings. The molecule has 2 heterocycles. The topological polar surface area (TPSA) is 83.7 Å². The maximum Gasteiger partial charge on any atom is 0.435 e. The Morgan fingerprint density at radius 1 is 1.44 bits per heavy atom. The van der Waals surface area contributed by atoms with E-state index in [0.717, 1.165) is 11.1 Å². The number of aliphatic hydroxyl groups is 1. The summed E-state index contributed by atoms with van der Waals surface area (Å²) < 4.78 is 45.7. The van der Waals surface area contributed by atoms with Gasteiger partial charge in [-0.15, -0.1) is 24.0 Å². The highest BCUT2D eigenvalue weighted by molar-refractivity contribution is 14.0. The first kappa shape index (κ1) is 24.0. The van der Waals surface area contributed by atoms with Crippen LogP contribution in [0.1, 0.15) is 31.0 Å². The first-order valence-electron chi connectivity index (χ1n) is 8.60. The predicted octanol–water partition coefficient (Wildman–Crippen LogP) is 1.90. The van der Waals surface area contributed by atoms with Crippen LogP contribution < -0.4 is 10.6 Å². The van der Waals surface area contributed by atoms with Gasteiger partial charge in [0.15, 0.2) is 11.7 Å². The molecule has 1 aromatic heterocycles. The Kier molecular flexibility index (Phi) is 9.28. The number of ether oxygens (including phenoxy) is 1. The molecule has 1 saturated heterocycles. The Bertz CT molecular complexity index is 616. The maximum absolute atomic E-state index is 13.0. The lowest BCUT2D eigenvalue weighted by atomic mass is 9.84. The molecule has 0 bridgehead atoms. The number of aliphatic imine (C=N–C) groups is 1. The van der Waals surface area contributed by atoms with Crippen LogP contribution in [0.4, 0.5) is 13.2 Å². The van der Waals surface area contributed by atoms with Gasteiger partial charge in [-0.2, -0.15) is 18.3 Å². The van der Waals surface area contributed by atoms with Gasteiger partial charge in [-0.3, -0.25) is 4.68 Å². The van der Waals surface area contributed by atoms with Gasteiger partial charge in [-0.05, 0) is 19.8 Å². The molecule has 0 aliphatic carbocycles. The predicted molar refractivity (Wildman–Crippen MR) is 106 cm³/mol. The van der Waals surface area contributed by atoms with E-state index in [0.29, 0.717) is 38.7 Å². The van der Waals surface area contributed by atoms with E-state index in [2.05, 4.69) is 20.7 Å². The normalized spacial score (nSPS) is 20.4. The van der Waals surface area contributed by atoms with Crippen molar-refractivity contribution in [3.8, 4) is 0 Å². The van der Waals surface area contributed by atoms with Crippen molar-refractivity contribution in [2.75, 3.05) is 32.9 Å². The number of aromatic nitrogens is 2. The number of nitrogens with zero attached hydrogens (tertiary/aromatic N) is 3. The Morgan fingerprint density at radius 2 is 2.19 bits per heavy atom. The second kappa shape index (κ2) is 10.5. The summed E-state index contributed by atoms with van der Waals surface area (Å²) in [5.74, 6) is 0.425. The summed E-state index contributed by atoms with van der Waals surface area (Å²) in [7, 11) is 1.45. The Labute approximate surface area is 173 Å². The SMILES string of the molecule is CCNC(=NCc1cn(C)nc1C(F)(F)F)NCC1(CCO)CCOC1.I. The van der Waals surface area contributed by atoms with Gasteiger partial charge < -0.3 is 20.5 Å². The van der Waals surface area contributed by atoms with E-state index in [9.17, 15) is 18.3 Å². The summed E-state index contributed by atoms with van der Waals surface area (Å²) in [4.78, 5) is 4.26. The van der Waals surface area contributed by atoms with Gasteiger partial charge in [0.1, 0.15) is 0 Å². The fraction of sp³-hybridized carbons (Fsp3) is 0.750. The number of aliphatic hydroxyl groups excluding tert-OH is 1. The van der Waals surface area contributed by atoms with Crippen molar-refractivity contribution in [1.82, 2.24) is 20.4 Å². The minimum atomic E-state index is -4.51. The van der Waals surface area contributed by atoms with Crippen molar-refractivity contribution in [2.24, 2.45) is 17.5 Å². The number of nitrogens with one attached hydrogen (secondary N) is 2. The monoisotopic (exact) mass is 505 g/mol. The number of alkyl halides is 3. The van der Waals surface area contributed by atoms with E-state index in [1.165, 1.54) is 13.2 Å². The fourth-order valence-electron chi connectivity index (χ4n) is 2.98. The molecule has 0 amide bonds. The minimum absolute atomic E-state index is 0. The van der Waals surface area contributed by atoms with Crippen LogP contribution in [0, 0.1) is 5.41 Å². The molecular formula is C16H27F3IN5O2. The largest absolute Gasteiger partial charge is 0.435 e. The van der Waals surface area contributed by atoms with Crippen molar-refractivity contribution in [3.05, 3.63) is 17.5 Å². The molecule has 11 heteroatoms. The second-order valence-corrected chi connectivity index (χ2v) is 6.50. The lowest BCUT2D eigenvalue weighted by Gasteiger charge is -2.27. The summed E-state index contributed by atoms with van der Waals surface area (Å²) in [6, 6.07) is 0. The van der Waals surface area contributed by atoms with Crippen molar-refractivity contribution in [3.63, 3.8) is 0 Å². The summed E-state index contributed by atoms with van der Waals surface area (Å²) in [5, 5.41) is 19.0. The summed E-state index contributed by atoms with van der Waals surface area (Å²) in [6.45, 7) is 4.09. The van der Waals surface area contributed by atoms with Crippen molar-refractivity contribution in [2.45, 2.75) is 32.5 Å². The number of rotatable bonds is 7. The molecule has 1 aliphatic heterocycles. The number of halogens is 4. The zero-order valence-corrected chi connectivity index (χ0v) is 17.8. The molecule has 0 saturated carbocycles. The van der Waals surface area contributed by atoms with Crippen molar-refractivity contribution < 1.29 is 23.0 Å². The Balaban J connectivity index is 0.00000364. The zero-order chi connectivity index (χ0) is 19.2. The molecule has 3 N–H and O–H groups in total. The van der Waals surface area contributed by atoms with Crippen LogP contribution in [0.15, 0.2) is 11.2 Å². The molecule has 7 nitrogen and oxygen atoms in total. The van der Waals surface area contributed by atoms with Gasteiger partial charge in [0.25, 0.3) is 0 Å². The summed E-state index contributed by atoms with van der Waals surface area (Å²) >= 11 is 0. The molecule has 0 spiro atoms. The third kappa shape index (κ3) is 6.79. The molecule has 0 radical (unpaired) electrons. The lowest BCUT2D eigenvalue weighted by Crippen LogP contribution is -2.44. The zero-order valence-electron chi connectivity index (χ0n) is 15.5. The number of guanidine groups is 1. The number of aryl methyl sites for hydroxylation is 1. The molecule has 1 aromatic rings. The minimum Gasteiger partial charge on any atom is -0.396 e. The van der Waals surface area contributed by atoms with Crippen molar-refractivity contribution >= 4 is 29.9 Å². The van der Waals surface area contributed by atoms with E-state index < -0.39 is 11.9 Å². The van der Waals surface area contributed by atoms with Crippen LogP contribution in [-0.4, -0.2) is 53.8 Å². The average molecular weight is 505 g/mol. The molecule has 1 aliphatic rings. The quantitative estimate of drug-likeness (QED) is 0.300. The second-order valence-electron chi connectivity index (χ2n) is 6.50. The van der Waals surface area contributed by atoms with Crippen LogP contribution in [0.3, 0.4) is 0 Å². The Morgan fingerprint density at radius 3 is 2.74 bits per heavy atom. The van der Waals surface area contributed by atoms with Gasteiger partial charge in [0.2, 0.25) is 0 Å². The highest BCUT2D eigenvalue weighted by Gasteiger charge is 2.37. The number of hydrogen-bond acceptors (Lipinski definition) is 4. The summed E-state index contributed by atoms with van der Waals surface area (Å²) in [6.07, 6.45) is -1.76. The standard InChI is InChI=1S/C16H26F3N5O2.HI/c1-3-20-14(22-10-15(4-6-25)5-7-26-11-15)21-8-12-9-24(2)23-13(12)16(17,18)19;/h9,25H,3-8,10-11H2,1-2H3,(H2,20,21,22);1H. The molecule has 156 valence electrons. The third-order valence-electron chi connectivity index (χ3n) is 4.38. The third-order valence-corrected chi connectivity index (χ3v) is 4.38. The first-order valence-corrected chi connectivity index (χ1v) is 8.60. The van der Waals surface area contributed by atoms with E-state index >= 15 is 0 Å². The molecule has 0 aromatic carbocycles. The molecule has 2 rings (SSSR count). The van der Waals surface area contributed by atoms with Crippen LogP contribution in [0.2, 0.25) is 0 Å². The first-order chi connectivity index (χ1) is 12.3. The average Bonchev–Trinajstić information content (AvgIpc) is 3.17. The Hall–Kier alpha value is -1.08. The number of hydrogen-bond donors (Lipinski definition) is 3. The van der Waals surface area contributed by atoms with Crippen LogP contribution in [0.5, 0.6) is 0 Å². The van der Waals surface area contributed by atoms with E-state index in [1.54, 1.807) is 0 Å². The van der Waals surface area contributed by atoms with Crippen LogP contribution >= 0.6 is 24.0 Å². The van der Waals surface area contributed by atoms with E-state index in [-0.39, 0.29) is 48.1 Å². The van der Waals surface area contributed by atoms with E-state index in [1.807, 2.05) is 6.92 Å². The smallest absolute Gasteiger partial charge is 0.396 e. The van der Waals surface area contributed by atoms with Crippen LogP contribution in [-0.2, 0) is 24.5 Å². The van der Waals surface area contributed by atoms with Gasteiger partial charge >= 0.3 is 6.18 Å². The van der Waals surface area contributed by atoms with Gasteiger partial charge in [-0.25, -0.2) is 4.99 Å². The van der Waals surface area contributed by atoms with Gasteiger partial charge in [-0.1, -0.05) is 0 Å². The highest BCUT2D eigenvalue weighted by atomic mass is 127. The molecule has 27 heavy (non-hydrogen) atoms. The highest BCUT2D eigenvalue weighted by Crippen LogP contribution is 2.32. The van der Waals surface area contributed by atoms with Crippen LogP contribution in [0.25, 0.3) is 0 Å². The fourth-order valence-corrected chi connectivity index (χ4v) is 2.98. The van der Waals surface area contributed by atoms with Crippen molar-refractivity contribution in [1.29, 1.82) is 0 Å². The summed E-state index contributed by atoms with van der Waals surface area (Å²) in [5.41, 5.74) is -1.08. The van der Waals surface area contributed by atoms with Gasteiger partial charge in [0.05, 0.1) is 13.2 Å². The van der Waals surface area contributed by atoms with Gasteiger partial charge in [0, 0.05) is 50.5 Å². The molecular weight excluding hydrogens is 478 g/mol.